The van der Waals surface area contributed by atoms with Gasteiger partial charge in [0, 0.05) is 30.9 Å². The van der Waals surface area contributed by atoms with Gasteiger partial charge in [0.25, 0.3) is 5.56 Å². The van der Waals surface area contributed by atoms with E-state index in [1.54, 1.807) is 12.3 Å². The fourth-order valence-corrected chi connectivity index (χ4v) is 5.95. The van der Waals surface area contributed by atoms with Crippen LogP contribution in [0.2, 0.25) is 0 Å². The molecule has 5 heteroatoms. The van der Waals surface area contributed by atoms with Gasteiger partial charge in [0.15, 0.2) is 0 Å². The van der Waals surface area contributed by atoms with Gasteiger partial charge in [-0.25, -0.2) is 4.68 Å². The summed E-state index contributed by atoms with van der Waals surface area (Å²) in [6, 6.07) is 10.5. The molecule has 3 aliphatic carbocycles. The van der Waals surface area contributed by atoms with Gasteiger partial charge in [-0.05, 0) is 73.1 Å². The first-order chi connectivity index (χ1) is 15.2. The van der Waals surface area contributed by atoms with Crippen LogP contribution in [0.3, 0.4) is 0 Å². The second kappa shape index (κ2) is 8.76. The van der Waals surface area contributed by atoms with Gasteiger partial charge in [0.2, 0.25) is 0 Å². The van der Waals surface area contributed by atoms with Crippen LogP contribution in [0.15, 0.2) is 47.9 Å². The minimum Gasteiger partial charge on any atom is -0.381 e. The van der Waals surface area contributed by atoms with Crippen LogP contribution in [-0.4, -0.2) is 28.9 Å². The fraction of sp³-hybridized carbons (Fsp3) is 0.556. The van der Waals surface area contributed by atoms with Gasteiger partial charge in [0.1, 0.15) is 0 Å². The van der Waals surface area contributed by atoms with Crippen LogP contribution in [0.1, 0.15) is 53.0 Å². The molecule has 1 N–H and O–H groups in total. The SMILES string of the molecule is C=C(Cn1ncc(N[C@@H]2C[C@@H]3C[C@H]([C@H]2C)C3(C)C)cc1=O)c1ccc(N(CC)CC)cc1. The second-order valence-corrected chi connectivity index (χ2v) is 10.3. The van der Waals surface area contributed by atoms with Gasteiger partial charge in [-0.3, -0.25) is 4.79 Å². The Morgan fingerprint density at radius 2 is 1.91 bits per heavy atom. The standard InChI is InChI=1S/C27H38N4O/c1-7-30(8-2)23-11-9-20(10-12-23)18(3)17-31-26(32)15-22(16-28-31)29-25-14-21-13-24(19(25)4)27(21,5)6/h9-12,15-16,19,21,24-25,29H,3,7-8,13-14,17H2,1-2,4-6H3/t19-,21+,24-,25-/m1/s1. The van der Waals surface area contributed by atoms with Crippen LogP contribution >= 0.6 is 0 Å². The van der Waals surface area contributed by atoms with Crippen molar-refractivity contribution >= 4 is 16.9 Å². The van der Waals surface area contributed by atoms with E-state index in [4.69, 9.17) is 0 Å². The highest BCUT2D eigenvalue weighted by atomic mass is 16.1. The van der Waals surface area contributed by atoms with E-state index >= 15 is 0 Å². The number of nitrogens with one attached hydrogen (secondary N) is 1. The molecule has 172 valence electrons. The maximum absolute atomic E-state index is 12.7. The summed E-state index contributed by atoms with van der Waals surface area (Å²) in [6.45, 7) is 18.0. The van der Waals surface area contributed by atoms with Crippen molar-refractivity contribution in [1.82, 2.24) is 9.78 Å². The molecular formula is C27H38N4O. The molecule has 5 rings (SSSR count). The molecule has 4 atom stereocenters. The van der Waals surface area contributed by atoms with Crippen LogP contribution in [0.5, 0.6) is 0 Å². The summed E-state index contributed by atoms with van der Waals surface area (Å²) in [7, 11) is 0. The number of hydrogen-bond donors (Lipinski definition) is 1. The zero-order valence-corrected chi connectivity index (χ0v) is 20.3. The normalized spacial score (nSPS) is 25.7. The third kappa shape index (κ3) is 4.10. The summed E-state index contributed by atoms with van der Waals surface area (Å²) < 4.78 is 1.50. The van der Waals surface area contributed by atoms with Gasteiger partial charge in [-0.15, -0.1) is 0 Å². The lowest BCUT2D eigenvalue weighted by molar-refractivity contribution is -0.105. The Bertz CT molecular complexity index is 1020. The molecule has 3 aliphatic rings. The van der Waals surface area contributed by atoms with Crippen molar-refractivity contribution in [2.75, 3.05) is 23.3 Å². The predicted octanol–water partition coefficient (Wildman–Crippen LogP) is 5.29. The molecule has 2 bridgehead atoms. The number of nitrogens with zero attached hydrogens (tertiary/aromatic N) is 3. The van der Waals surface area contributed by atoms with E-state index in [0.717, 1.165) is 41.7 Å². The first kappa shape index (κ1) is 22.6. The van der Waals surface area contributed by atoms with Gasteiger partial charge >= 0.3 is 0 Å². The zero-order valence-electron chi connectivity index (χ0n) is 20.3. The Morgan fingerprint density at radius 1 is 1.22 bits per heavy atom. The predicted molar refractivity (Wildman–Crippen MR) is 134 cm³/mol. The third-order valence-electron chi connectivity index (χ3n) is 8.32. The lowest BCUT2D eigenvalue weighted by Crippen LogP contribution is -2.58. The van der Waals surface area contributed by atoms with E-state index in [0.29, 0.717) is 23.9 Å². The Labute approximate surface area is 192 Å². The molecule has 1 aromatic carbocycles. The van der Waals surface area contributed by atoms with E-state index in [-0.39, 0.29) is 5.56 Å². The molecule has 1 heterocycles. The topological polar surface area (TPSA) is 50.2 Å². The molecule has 32 heavy (non-hydrogen) atoms. The minimum absolute atomic E-state index is 0.0927. The summed E-state index contributed by atoms with van der Waals surface area (Å²) in [5, 5.41) is 8.05. The molecule has 0 spiro atoms. The van der Waals surface area contributed by atoms with Crippen LogP contribution in [-0.2, 0) is 6.54 Å². The molecular weight excluding hydrogens is 396 g/mol. The maximum Gasteiger partial charge on any atom is 0.269 e. The van der Waals surface area contributed by atoms with Crippen LogP contribution in [0, 0.1) is 23.2 Å². The molecule has 3 saturated carbocycles. The Hall–Kier alpha value is -2.56. The van der Waals surface area contributed by atoms with Gasteiger partial charge in [0.05, 0.1) is 18.4 Å². The van der Waals surface area contributed by atoms with Crippen molar-refractivity contribution in [3.05, 3.63) is 59.0 Å². The Kier molecular flexibility index (Phi) is 6.19. The van der Waals surface area contributed by atoms with E-state index in [9.17, 15) is 4.79 Å². The van der Waals surface area contributed by atoms with Crippen LogP contribution < -0.4 is 15.8 Å². The summed E-state index contributed by atoms with van der Waals surface area (Å²) in [6.07, 6.45) is 4.31. The highest BCUT2D eigenvalue weighted by Gasteiger charge is 2.56. The maximum atomic E-state index is 12.7. The summed E-state index contributed by atoms with van der Waals surface area (Å²) in [5.74, 6) is 2.16. The lowest BCUT2D eigenvalue weighted by Gasteiger charge is -2.62. The number of aromatic nitrogens is 2. The van der Waals surface area contributed by atoms with Crippen LogP contribution in [0.4, 0.5) is 11.4 Å². The average molecular weight is 435 g/mol. The molecule has 2 aromatic rings. The van der Waals surface area contributed by atoms with Crippen molar-refractivity contribution in [3.63, 3.8) is 0 Å². The average Bonchev–Trinajstić information content (AvgIpc) is 2.77. The van der Waals surface area contributed by atoms with Gasteiger partial charge < -0.3 is 10.2 Å². The van der Waals surface area contributed by atoms with Gasteiger partial charge in [-0.1, -0.05) is 39.5 Å². The Morgan fingerprint density at radius 3 is 2.47 bits per heavy atom. The molecule has 0 aliphatic heterocycles. The van der Waals surface area contributed by atoms with Crippen LogP contribution in [0.25, 0.3) is 5.57 Å². The number of hydrogen-bond acceptors (Lipinski definition) is 4. The van der Waals surface area contributed by atoms with Crippen molar-refractivity contribution in [3.8, 4) is 0 Å². The molecule has 0 amide bonds. The van der Waals surface area contributed by atoms with Gasteiger partial charge in [-0.2, -0.15) is 5.10 Å². The fourth-order valence-electron chi connectivity index (χ4n) is 5.95. The molecule has 0 unspecified atom stereocenters. The zero-order chi connectivity index (χ0) is 23.0. The molecule has 0 saturated heterocycles. The monoisotopic (exact) mass is 434 g/mol. The van der Waals surface area contributed by atoms with E-state index < -0.39 is 0 Å². The van der Waals surface area contributed by atoms with Crippen molar-refractivity contribution in [2.24, 2.45) is 23.2 Å². The highest BCUT2D eigenvalue weighted by molar-refractivity contribution is 5.65. The number of fused-ring (bicyclic) bond motifs is 2. The largest absolute Gasteiger partial charge is 0.381 e. The lowest BCUT2D eigenvalue weighted by atomic mass is 9.45. The van der Waals surface area contributed by atoms with Crippen molar-refractivity contribution in [2.45, 2.75) is 60.0 Å². The van der Waals surface area contributed by atoms with Crippen molar-refractivity contribution in [1.29, 1.82) is 0 Å². The first-order valence-electron chi connectivity index (χ1n) is 12.1. The summed E-state index contributed by atoms with van der Waals surface area (Å²) >= 11 is 0. The number of rotatable bonds is 8. The quantitative estimate of drug-likeness (QED) is 0.614. The Balaban J connectivity index is 1.39. The molecule has 1 aromatic heterocycles. The summed E-state index contributed by atoms with van der Waals surface area (Å²) in [4.78, 5) is 15.0. The van der Waals surface area contributed by atoms with E-state index in [2.05, 4.69) is 80.8 Å². The van der Waals surface area contributed by atoms with E-state index in [1.807, 2.05) is 0 Å². The third-order valence-corrected chi connectivity index (χ3v) is 8.32. The highest BCUT2D eigenvalue weighted by Crippen LogP contribution is 2.61. The summed E-state index contributed by atoms with van der Waals surface area (Å²) in [5.41, 5.74) is 4.32. The molecule has 0 radical (unpaired) electrons. The smallest absolute Gasteiger partial charge is 0.269 e. The van der Waals surface area contributed by atoms with Crippen molar-refractivity contribution < 1.29 is 0 Å². The molecule has 5 nitrogen and oxygen atoms in total. The minimum atomic E-state index is -0.0927. The number of allylic oxidation sites excluding steroid dienone is 1. The second-order valence-electron chi connectivity index (χ2n) is 10.3. The van der Waals surface area contributed by atoms with E-state index in [1.165, 1.54) is 23.2 Å². The number of anilines is 2. The molecule has 3 fully saturated rings. The first-order valence-corrected chi connectivity index (χ1v) is 12.1. The number of benzene rings is 1.